The Hall–Kier alpha value is -3.23. The Kier molecular flexibility index (Phi) is 12.3. The number of amides is 3. The SMILES string of the molecule is CO[C@@H](CNC(=O)C1CCCN(C(=O)CCC2CCN(C(=O)OC(C)(C)C)CC2)C1)C(=O)ONS(=O)(=O)c1ccccc1. The number of rotatable bonds is 11. The van der Waals surface area contributed by atoms with E-state index in [0.29, 0.717) is 44.8 Å². The summed E-state index contributed by atoms with van der Waals surface area (Å²) in [6.07, 6.45) is 2.45. The fraction of sp³-hybridized carbons (Fsp3) is 0.655. The predicted octanol–water partition coefficient (Wildman–Crippen LogP) is 2.22. The lowest BCUT2D eigenvalue weighted by Gasteiger charge is -2.34. The van der Waals surface area contributed by atoms with E-state index < -0.39 is 33.6 Å². The van der Waals surface area contributed by atoms with E-state index in [1.807, 2.05) is 20.8 Å². The molecule has 0 bridgehead atoms. The molecule has 240 valence electrons. The summed E-state index contributed by atoms with van der Waals surface area (Å²) in [5, 5.41) is 2.66. The van der Waals surface area contributed by atoms with E-state index in [9.17, 15) is 27.6 Å². The molecule has 0 spiro atoms. The topological polar surface area (TPSA) is 161 Å². The number of hydrogen-bond donors (Lipinski definition) is 2. The molecule has 13 nitrogen and oxygen atoms in total. The number of sulfonamides is 1. The fourth-order valence-electron chi connectivity index (χ4n) is 5.04. The molecule has 2 aliphatic rings. The molecule has 0 aromatic heterocycles. The Bertz CT molecular complexity index is 1210. The molecular weight excluding hydrogens is 580 g/mol. The third-order valence-corrected chi connectivity index (χ3v) is 8.69. The van der Waals surface area contributed by atoms with E-state index >= 15 is 0 Å². The van der Waals surface area contributed by atoms with E-state index in [1.165, 1.54) is 31.4 Å². The van der Waals surface area contributed by atoms with Crippen molar-refractivity contribution in [2.24, 2.45) is 11.8 Å². The first-order valence-corrected chi connectivity index (χ1v) is 16.1. The number of piperidine rings is 2. The van der Waals surface area contributed by atoms with Crippen LogP contribution < -0.4 is 10.2 Å². The van der Waals surface area contributed by atoms with Crippen LogP contribution in [0.15, 0.2) is 35.2 Å². The van der Waals surface area contributed by atoms with Crippen molar-refractivity contribution in [2.75, 3.05) is 39.8 Å². The molecule has 2 aliphatic heterocycles. The van der Waals surface area contributed by atoms with Crippen LogP contribution in [0.3, 0.4) is 0 Å². The van der Waals surface area contributed by atoms with Gasteiger partial charge in [0.1, 0.15) is 5.60 Å². The summed E-state index contributed by atoms with van der Waals surface area (Å²) in [7, 11) is -2.84. The Balaban J connectivity index is 1.39. The molecule has 1 aromatic rings. The van der Waals surface area contributed by atoms with Gasteiger partial charge in [-0.3, -0.25) is 9.59 Å². The predicted molar refractivity (Wildman–Crippen MR) is 156 cm³/mol. The zero-order chi connectivity index (χ0) is 31.6. The van der Waals surface area contributed by atoms with Crippen LogP contribution in [-0.4, -0.2) is 93.6 Å². The van der Waals surface area contributed by atoms with Crippen molar-refractivity contribution in [1.29, 1.82) is 0 Å². The van der Waals surface area contributed by atoms with E-state index in [4.69, 9.17) is 14.3 Å². The second kappa shape index (κ2) is 15.5. The summed E-state index contributed by atoms with van der Waals surface area (Å²) in [5.74, 6) is -1.45. The Morgan fingerprint density at radius 2 is 1.67 bits per heavy atom. The lowest BCUT2D eigenvalue weighted by molar-refractivity contribution is -0.158. The number of hydrogen-bond acceptors (Lipinski definition) is 9. The number of benzene rings is 1. The number of carbonyl (C=O) groups is 4. The molecule has 2 atom stereocenters. The van der Waals surface area contributed by atoms with Gasteiger partial charge in [-0.15, -0.1) is 0 Å². The van der Waals surface area contributed by atoms with Gasteiger partial charge in [0.25, 0.3) is 10.0 Å². The standard InChI is InChI=1S/C29H44N4O9S/c1-29(2,3)41-28(37)32-17-14-21(15-18-32)12-13-25(34)33-16-8-9-22(20-33)26(35)30-19-24(40-4)27(36)42-31-43(38,39)23-10-6-5-7-11-23/h5-7,10-11,21-22,24,31H,8-9,12-20H2,1-4H3,(H,30,35)/t22?,24-/m0/s1. The minimum Gasteiger partial charge on any atom is -0.444 e. The summed E-state index contributed by atoms with van der Waals surface area (Å²) in [4.78, 5) is 60.4. The van der Waals surface area contributed by atoms with Crippen LogP contribution in [0.1, 0.15) is 59.3 Å². The van der Waals surface area contributed by atoms with Crippen LogP contribution >= 0.6 is 0 Å². The first kappa shape index (κ1) is 34.3. The highest BCUT2D eigenvalue weighted by Gasteiger charge is 2.31. The number of nitrogens with one attached hydrogen (secondary N) is 2. The van der Waals surface area contributed by atoms with Crippen LogP contribution in [0.2, 0.25) is 0 Å². The lowest BCUT2D eigenvalue weighted by Crippen LogP contribution is -2.48. The van der Waals surface area contributed by atoms with Gasteiger partial charge in [0.05, 0.1) is 17.4 Å². The maximum Gasteiger partial charge on any atom is 0.410 e. The van der Waals surface area contributed by atoms with Crippen LogP contribution in [0.25, 0.3) is 0 Å². The molecule has 0 saturated carbocycles. The van der Waals surface area contributed by atoms with Gasteiger partial charge in [0.2, 0.25) is 11.8 Å². The summed E-state index contributed by atoms with van der Waals surface area (Å²) >= 11 is 0. The van der Waals surface area contributed by atoms with E-state index in [-0.39, 0.29) is 35.9 Å². The monoisotopic (exact) mass is 624 g/mol. The Morgan fingerprint density at radius 1 is 1.00 bits per heavy atom. The summed E-state index contributed by atoms with van der Waals surface area (Å²) in [5.41, 5.74) is -0.535. The van der Waals surface area contributed by atoms with Crippen molar-refractivity contribution < 1.29 is 41.9 Å². The van der Waals surface area contributed by atoms with Gasteiger partial charge in [-0.2, -0.15) is 0 Å². The summed E-state index contributed by atoms with van der Waals surface area (Å²) in [6.45, 7) is 7.36. The number of ether oxygens (including phenoxy) is 2. The minimum absolute atomic E-state index is 0.00359. The molecule has 0 aliphatic carbocycles. The van der Waals surface area contributed by atoms with Gasteiger partial charge >= 0.3 is 12.1 Å². The normalized spacial score (nSPS) is 18.9. The van der Waals surface area contributed by atoms with Crippen molar-refractivity contribution in [3.8, 4) is 0 Å². The van der Waals surface area contributed by atoms with Crippen LogP contribution in [0.5, 0.6) is 0 Å². The van der Waals surface area contributed by atoms with E-state index in [1.54, 1.807) is 20.8 Å². The zero-order valence-electron chi connectivity index (χ0n) is 25.4. The lowest BCUT2D eigenvalue weighted by atomic mass is 9.91. The minimum atomic E-state index is -4.08. The van der Waals surface area contributed by atoms with E-state index in [0.717, 1.165) is 19.3 Å². The van der Waals surface area contributed by atoms with Gasteiger partial charge in [-0.25, -0.2) is 18.0 Å². The summed E-state index contributed by atoms with van der Waals surface area (Å²) in [6, 6.07) is 7.41. The first-order chi connectivity index (χ1) is 20.3. The molecule has 43 heavy (non-hydrogen) atoms. The summed E-state index contributed by atoms with van der Waals surface area (Å²) < 4.78 is 35.1. The van der Waals surface area contributed by atoms with Crippen LogP contribution in [0, 0.1) is 11.8 Å². The largest absolute Gasteiger partial charge is 0.444 e. The maximum absolute atomic E-state index is 13.0. The molecule has 2 fully saturated rings. The average molecular weight is 625 g/mol. The van der Waals surface area contributed by atoms with E-state index in [2.05, 4.69) is 5.32 Å². The maximum atomic E-state index is 13.0. The molecule has 2 saturated heterocycles. The molecular formula is C29H44N4O9S. The number of carbonyl (C=O) groups excluding carboxylic acids is 4. The quantitative estimate of drug-likeness (QED) is 0.352. The smallest absolute Gasteiger partial charge is 0.410 e. The van der Waals surface area contributed by atoms with Gasteiger partial charge in [-0.1, -0.05) is 18.2 Å². The molecule has 3 amide bonds. The Morgan fingerprint density at radius 3 is 2.30 bits per heavy atom. The number of methoxy groups -OCH3 is 1. The molecule has 2 heterocycles. The van der Waals surface area contributed by atoms with Crippen molar-refractivity contribution in [1.82, 2.24) is 20.0 Å². The van der Waals surface area contributed by atoms with Crippen LogP contribution in [-0.2, 0) is 38.7 Å². The molecule has 0 radical (unpaired) electrons. The third-order valence-electron chi connectivity index (χ3n) is 7.49. The van der Waals surface area contributed by atoms with Crippen molar-refractivity contribution in [3.05, 3.63) is 30.3 Å². The van der Waals surface area contributed by atoms with Crippen molar-refractivity contribution >= 4 is 33.9 Å². The zero-order valence-corrected chi connectivity index (χ0v) is 26.2. The van der Waals surface area contributed by atoms with Gasteiger partial charge in [-0.05, 0) is 75.8 Å². The molecule has 1 unspecified atom stereocenters. The molecule has 14 heteroatoms. The van der Waals surface area contributed by atoms with Crippen LogP contribution in [0.4, 0.5) is 4.79 Å². The molecule has 1 aromatic carbocycles. The Labute approximate surface area is 253 Å². The molecule has 3 rings (SSSR count). The highest BCUT2D eigenvalue weighted by atomic mass is 32.2. The van der Waals surface area contributed by atoms with Crippen molar-refractivity contribution in [2.45, 2.75) is 75.9 Å². The average Bonchev–Trinajstić information content (AvgIpc) is 2.99. The molecule has 2 N–H and O–H groups in total. The number of likely N-dealkylation sites (tertiary alicyclic amines) is 2. The highest BCUT2D eigenvalue weighted by molar-refractivity contribution is 7.89. The van der Waals surface area contributed by atoms with Crippen molar-refractivity contribution in [3.63, 3.8) is 0 Å². The number of nitrogens with zero attached hydrogens (tertiary/aromatic N) is 2. The van der Waals surface area contributed by atoms with Gasteiger partial charge in [0, 0.05) is 39.7 Å². The second-order valence-corrected chi connectivity index (χ2v) is 13.6. The van der Waals surface area contributed by atoms with Gasteiger partial charge < -0.3 is 29.4 Å². The fourth-order valence-corrected chi connectivity index (χ4v) is 5.85. The van der Waals surface area contributed by atoms with Gasteiger partial charge in [0.15, 0.2) is 6.10 Å². The first-order valence-electron chi connectivity index (χ1n) is 14.6. The highest BCUT2D eigenvalue weighted by Crippen LogP contribution is 2.25. The second-order valence-electron chi connectivity index (χ2n) is 11.9. The third kappa shape index (κ3) is 10.8.